The molecule has 2 saturated heterocycles. The molecule has 4 rings (SSSR count). The first-order chi connectivity index (χ1) is 12.1. The third-order valence-corrected chi connectivity index (χ3v) is 6.00. The van der Waals surface area contributed by atoms with Crippen molar-refractivity contribution in [2.75, 3.05) is 18.0 Å². The van der Waals surface area contributed by atoms with Gasteiger partial charge in [0.2, 0.25) is 11.8 Å². The Morgan fingerprint density at radius 1 is 1.20 bits per heavy atom. The summed E-state index contributed by atoms with van der Waals surface area (Å²) in [6.45, 7) is 0.984. The van der Waals surface area contributed by atoms with Crippen molar-refractivity contribution in [2.24, 2.45) is 5.92 Å². The van der Waals surface area contributed by atoms with Crippen LogP contribution in [0, 0.1) is 11.7 Å². The van der Waals surface area contributed by atoms with Gasteiger partial charge >= 0.3 is 0 Å². The average Bonchev–Trinajstić information content (AvgIpc) is 3.35. The maximum atomic E-state index is 14.0. The summed E-state index contributed by atoms with van der Waals surface area (Å²) in [4.78, 5) is 29.9. The highest BCUT2D eigenvalue weighted by Crippen LogP contribution is 2.37. The Hall–Kier alpha value is -2.21. The van der Waals surface area contributed by atoms with Gasteiger partial charge in [-0.25, -0.2) is 4.39 Å². The smallest absolute Gasteiger partial charge is 0.228 e. The van der Waals surface area contributed by atoms with Crippen LogP contribution in [-0.2, 0) is 9.59 Å². The molecule has 0 radical (unpaired) electrons. The second-order valence-corrected chi connectivity index (χ2v) is 7.54. The van der Waals surface area contributed by atoms with Gasteiger partial charge in [-0.15, -0.1) is 11.3 Å². The van der Waals surface area contributed by atoms with Crippen LogP contribution in [-0.4, -0.2) is 29.8 Å². The van der Waals surface area contributed by atoms with Crippen LogP contribution in [0.3, 0.4) is 0 Å². The van der Waals surface area contributed by atoms with Crippen LogP contribution >= 0.6 is 11.3 Å². The van der Waals surface area contributed by atoms with Crippen molar-refractivity contribution in [2.45, 2.75) is 25.3 Å². The van der Waals surface area contributed by atoms with Crippen molar-refractivity contribution in [1.29, 1.82) is 0 Å². The van der Waals surface area contributed by atoms with Gasteiger partial charge in [0.05, 0.1) is 17.6 Å². The fourth-order valence-electron chi connectivity index (χ4n) is 3.82. The Morgan fingerprint density at radius 2 is 2.04 bits per heavy atom. The largest absolute Gasteiger partial charge is 0.335 e. The Kier molecular flexibility index (Phi) is 4.29. The number of hydrogen-bond acceptors (Lipinski definition) is 3. The maximum Gasteiger partial charge on any atom is 0.228 e. The van der Waals surface area contributed by atoms with Crippen LogP contribution in [0.1, 0.15) is 30.2 Å². The number of anilines is 1. The van der Waals surface area contributed by atoms with E-state index in [0.29, 0.717) is 0 Å². The molecular formula is C19H19FN2O2S. The van der Waals surface area contributed by atoms with Crippen molar-refractivity contribution in [3.63, 3.8) is 0 Å². The fourth-order valence-corrected chi connectivity index (χ4v) is 4.69. The van der Waals surface area contributed by atoms with Gasteiger partial charge in [0.25, 0.3) is 0 Å². The van der Waals surface area contributed by atoms with Crippen LogP contribution in [0.4, 0.5) is 10.1 Å². The van der Waals surface area contributed by atoms with E-state index in [1.54, 1.807) is 29.5 Å². The van der Waals surface area contributed by atoms with Crippen molar-refractivity contribution in [1.82, 2.24) is 4.90 Å². The number of halogens is 1. The zero-order valence-corrected chi connectivity index (χ0v) is 14.5. The summed E-state index contributed by atoms with van der Waals surface area (Å²) < 4.78 is 14.0. The molecule has 25 heavy (non-hydrogen) atoms. The minimum absolute atomic E-state index is 0.0167. The predicted octanol–water partition coefficient (Wildman–Crippen LogP) is 3.60. The molecule has 2 aromatic rings. The number of thiophene rings is 1. The minimum atomic E-state index is -0.429. The van der Waals surface area contributed by atoms with Crippen molar-refractivity contribution < 1.29 is 14.0 Å². The first-order valence-corrected chi connectivity index (χ1v) is 9.42. The number of carbonyl (C=O) groups is 2. The summed E-state index contributed by atoms with van der Waals surface area (Å²) >= 11 is 1.66. The second kappa shape index (κ2) is 6.59. The number of hydrogen-bond donors (Lipinski definition) is 0. The maximum absolute atomic E-state index is 14.0. The molecule has 0 bridgehead atoms. The lowest BCUT2D eigenvalue weighted by molar-refractivity contribution is -0.136. The number of amides is 2. The molecule has 2 aliphatic heterocycles. The van der Waals surface area contributed by atoms with E-state index < -0.39 is 11.7 Å². The van der Waals surface area contributed by atoms with E-state index in [-0.39, 0.29) is 36.5 Å². The summed E-state index contributed by atoms with van der Waals surface area (Å²) in [6, 6.07) is 10.4. The highest BCUT2D eigenvalue weighted by atomic mass is 32.1. The number of nitrogens with zero attached hydrogens (tertiary/aromatic N) is 2. The number of rotatable bonds is 3. The van der Waals surface area contributed by atoms with Crippen LogP contribution < -0.4 is 4.90 Å². The van der Waals surface area contributed by atoms with Gasteiger partial charge in [0, 0.05) is 24.4 Å². The summed E-state index contributed by atoms with van der Waals surface area (Å²) in [5.74, 6) is -0.993. The van der Waals surface area contributed by atoms with E-state index in [1.807, 2.05) is 16.3 Å². The Balaban J connectivity index is 1.52. The highest BCUT2D eigenvalue weighted by Gasteiger charge is 2.41. The second-order valence-electron chi connectivity index (χ2n) is 6.56. The fraction of sp³-hybridized carbons (Fsp3) is 0.368. The van der Waals surface area contributed by atoms with Gasteiger partial charge in [0.1, 0.15) is 5.82 Å². The molecule has 0 aliphatic carbocycles. The highest BCUT2D eigenvalue weighted by molar-refractivity contribution is 7.10. The number of para-hydroxylation sites is 1. The van der Waals surface area contributed by atoms with Gasteiger partial charge in [-0.1, -0.05) is 18.2 Å². The van der Waals surface area contributed by atoms with Gasteiger partial charge in [-0.05, 0) is 36.4 Å². The standard InChI is InChI=1S/C19H19FN2O2S/c20-14-5-1-2-6-15(14)22-12-13(11-18(22)23)19(24)21-9-3-7-16(21)17-8-4-10-25-17/h1-2,4-6,8,10,13,16H,3,7,9,11-12H2. The van der Waals surface area contributed by atoms with Crippen LogP contribution in [0.5, 0.6) is 0 Å². The number of benzene rings is 1. The van der Waals surface area contributed by atoms with Crippen LogP contribution in [0.2, 0.25) is 0 Å². The zero-order chi connectivity index (χ0) is 17.4. The first-order valence-electron chi connectivity index (χ1n) is 8.54. The van der Waals surface area contributed by atoms with Crippen LogP contribution in [0.25, 0.3) is 0 Å². The summed E-state index contributed by atoms with van der Waals surface area (Å²) in [6.07, 6.45) is 2.09. The van der Waals surface area contributed by atoms with Crippen molar-refractivity contribution in [3.8, 4) is 0 Å². The first kappa shape index (κ1) is 16.3. The lowest BCUT2D eigenvalue weighted by atomic mass is 10.1. The summed E-state index contributed by atoms with van der Waals surface area (Å²) in [5.41, 5.74) is 0.263. The topological polar surface area (TPSA) is 40.6 Å². The monoisotopic (exact) mass is 358 g/mol. The molecule has 2 amide bonds. The third-order valence-electron chi connectivity index (χ3n) is 5.03. The average molecular weight is 358 g/mol. The number of carbonyl (C=O) groups excluding carboxylic acids is 2. The lowest BCUT2D eigenvalue weighted by Gasteiger charge is -2.26. The van der Waals surface area contributed by atoms with Crippen LogP contribution in [0.15, 0.2) is 41.8 Å². The van der Waals surface area contributed by atoms with E-state index in [0.717, 1.165) is 19.4 Å². The molecular weight excluding hydrogens is 339 g/mol. The van der Waals surface area contributed by atoms with E-state index in [9.17, 15) is 14.0 Å². The van der Waals surface area contributed by atoms with E-state index in [4.69, 9.17) is 0 Å². The molecule has 0 spiro atoms. The normalized spacial score (nSPS) is 23.5. The number of likely N-dealkylation sites (tertiary alicyclic amines) is 1. The molecule has 4 nitrogen and oxygen atoms in total. The van der Waals surface area contributed by atoms with E-state index in [1.165, 1.54) is 15.8 Å². The molecule has 0 N–H and O–H groups in total. The predicted molar refractivity (Wildman–Crippen MR) is 94.9 cm³/mol. The molecule has 2 fully saturated rings. The SMILES string of the molecule is O=C1CC(C(=O)N2CCCC2c2cccs2)CN1c1ccccc1F. The summed E-state index contributed by atoms with van der Waals surface area (Å²) in [7, 11) is 0. The molecule has 2 aliphatic rings. The molecule has 2 atom stereocenters. The Bertz CT molecular complexity index is 792. The Labute approximate surface area is 149 Å². The quantitative estimate of drug-likeness (QED) is 0.841. The zero-order valence-electron chi connectivity index (χ0n) is 13.7. The molecule has 3 heterocycles. The molecule has 1 aromatic carbocycles. The van der Waals surface area contributed by atoms with Crippen molar-refractivity contribution >= 4 is 28.8 Å². The molecule has 130 valence electrons. The molecule has 1 aromatic heterocycles. The van der Waals surface area contributed by atoms with Gasteiger partial charge in [0.15, 0.2) is 0 Å². The van der Waals surface area contributed by atoms with E-state index >= 15 is 0 Å². The van der Waals surface area contributed by atoms with E-state index in [2.05, 4.69) is 6.07 Å². The van der Waals surface area contributed by atoms with Gasteiger partial charge < -0.3 is 9.80 Å². The molecule has 6 heteroatoms. The minimum Gasteiger partial charge on any atom is -0.335 e. The van der Waals surface area contributed by atoms with Crippen molar-refractivity contribution in [3.05, 3.63) is 52.5 Å². The summed E-state index contributed by atoms with van der Waals surface area (Å²) in [5, 5.41) is 2.02. The molecule has 2 unspecified atom stereocenters. The lowest BCUT2D eigenvalue weighted by Crippen LogP contribution is -2.37. The Morgan fingerprint density at radius 3 is 2.80 bits per heavy atom. The van der Waals surface area contributed by atoms with Gasteiger partial charge in [-0.2, -0.15) is 0 Å². The third kappa shape index (κ3) is 2.95. The van der Waals surface area contributed by atoms with Gasteiger partial charge in [-0.3, -0.25) is 9.59 Å². The molecule has 0 saturated carbocycles.